The Morgan fingerprint density at radius 2 is 1.97 bits per heavy atom. The van der Waals surface area contributed by atoms with Crippen LogP contribution < -0.4 is 5.32 Å². The van der Waals surface area contributed by atoms with Crippen molar-refractivity contribution in [1.82, 2.24) is 10.2 Å². The lowest BCUT2D eigenvalue weighted by atomic mass is 9.97. The van der Waals surface area contributed by atoms with E-state index in [9.17, 15) is 18.4 Å². The largest absolute Gasteiger partial charge is 0.516 e. The van der Waals surface area contributed by atoms with Crippen LogP contribution in [0.2, 0.25) is 0 Å². The summed E-state index contributed by atoms with van der Waals surface area (Å²) in [7, 11) is 0. The minimum atomic E-state index is -0.552. The molecule has 2 amide bonds. The molecule has 4 rings (SSSR count). The van der Waals surface area contributed by atoms with Gasteiger partial charge < -0.3 is 20.1 Å². The SMILES string of the molecule is C=CO.CC1CC2(CCCO2)CN1C(=O)CNC=O.Cc1ccc(-c2ccc(F)cc2F)cc1. The van der Waals surface area contributed by atoms with Gasteiger partial charge in [0.25, 0.3) is 0 Å². The molecule has 6 nitrogen and oxygen atoms in total. The first-order valence-electron chi connectivity index (χ1n) is 11.1. The van der Waals surface area contributed by atoms with E-state index in [1.54, 1.807) is 0 Å². The molecule has 2 unspecified atom stereocenters. The van der Waals surface area contributed by atoms with Crippen molar-refractivity contribution in [3.63, 3.8) is 0 Å². The summed E-state index contributed by atoms with van der Waals surface area (Å²) in [6, 6.07) is 11.3. The average molecular weight is 475 g/mol. The van der Waals surface area contributed by atoms with Gasteiger partial charge in [0.1, 0.15) is 11.6 Å². The molecule has 8 heteroatoms. The topological polar surface area (TPSA) is 78.9 Å². The van der Waals surface area contributed by atoms with E-state index in [1.807, 2.05) is 43.0 Å². The van der Waals surface area contributed by atoms with Crippen LogP contribution in [-0.4, -0.2) is 53.7 Å². The number of benzene rings is 2. The number of nitrogens with zero attached hydrogens (tertiary/aromatic N) is 1. The second-order valence-electron chi connectivity index (χ2n) is 8.38. The number of aryl methyl sites for hydroxylation is 1. The van der Waals surface area contributed by atoms with E-state index in [2.05, 4.69) is 11.9 Å². The number of likely N-dealkylation sites (tertiary alicyclic amines) is 1. The van der Waals surface area contributed by atoms with Crippen LogP contribution in [0.5, 0.6) is 0 Å². The van der Waals surface area contributed by atoms with Gasteiger partial charge in [-0.05, 0) is 50.8 Å². The number of hydrogen-bond donors (Lipinski definition) is 2. The number of carbonyl (C=O) groups excluding carboxylic acids is 2. The Balaban J connectivity index is 0.000000216. The maximum atomic E-state index is 13.4. The van der Waals surface area contributed by atoms with Gasteiger partial charge in [-0.15, -0.1) is 0 Å². The fraction of sp³-hybridized carbons (Fsp3) is 0.385. The maximum Gasteiger partial charge on any atom is 0.242 e. The number of hydrogen-bond acceptors (Lipinski definition) is 4. The summed E-state index contributed by atoms with van der Waals surface area (Å²) in [4.78, 5) is 23.8. The number of nitrogens with one attached hydrogen (secondary N) is 1. The number of amides is 2. The number of halogens is 2. The van der Waals surface area contributed by atoms with Crippen molar-refractivity contribution in [2.45, 2.75) is 44.8 Å². The zero-order valence-electron chi connectivity index (χ0n) is 19.6. The molecule has 2 aromatic carbocycles. The zero-order chi connectivity index (χ0) is 25.1. The summed E-state index contributed by atoms with van der Waals surface area (Å²) >= 11 is 0. The third kappa shape index (κ3) is 7.38. The summed E-state index contributed by atoms with van der Waals surface area (Å²) in [5.74, 6) is -1.10. The fourth-order valence-electron chi connectivity index (χ4n) is 4.24. The first-order chi connectivity index (χ1) is 16.2. The van der Waals surface area contributed by atoms with Crippen LogP contribution in [0.3, 0.4) is 0 Å². The van der Waals surface area contributed by atoms with Crippen LogP contribution in [0, 0.1) is 18.6 Å². The zero-order valence-corrected chi connectivity index (χ0v) is 19.6. The highest BCUT2D eigenvalue weighted by molar-refractivity contribution is 5.80. The van der Waals surface area contributed by atoms with Crippen molar-refractivity contribution in [3.8, 4) is 11.1 Å². The molecule has 2 aliphatic heterocycles. The number of rotatable bonds is 4. The Morgan fingerprint density at radius 3 is 2.53 bits per heavy atom. The van der Waals surface area contributed by atoms with E-state index in [0.717, 1.165) is 49.3 Å². The van der Waals surface area contributed by atoms with Gasteiger partial charge in [0, 0.05) is 24.3 Å². The van der Waals surface area contributed by atoms with Gasteiger partial charge in [0.2, 0.25) is 12.3 Å². The Bertz CT molecular complexity index is 960. The number of ether oxygens (including phenoxy) is 1. The summed E-state index contributed by atoms with van der Waals surface area (Å²) in [6.07, 6.45) is 4.35. The Morgan fingerprint density at radius 1 is 1.29 bits per heavy atom. The van der Waals surface area contributed by atoms with Gasteiger partial charge in [-0.1, -0.05) is 36.4 Å². The Hall–Kier alpha value is -3.26. The van der Waals surface area contributed by atoms with Crippen molar-refractivity contribution in [2.75, 3.05) is 19.7 Å². The molecule has 1 spiro atoms. The molecule has 2 aliphatic rings. The van der Waals surface area contributed by atoms with Crippen LogP contribution in [0.15, 0.2) is 55.3 Å². The first-order valence-corrected chi connectivity index (χ1v) is 11.1. The smallest absolute Gasteiger partial charge is 0.242 e. The lowest BCUT2D eigenvalue weighted by molar-refractivity contribution is -0.132. The van der Waals surface area contributed by atoms with Crippen LogP contribution in [0.25, 0.3) is 11.1 Å². The van der Waals surface area contributed by atoms with Crippen LogP contribution >= 0.6 is 0 Å². The highest BCUT2D eigenvalue weighted by Gasteiger charge is 2.46. The van der Waals surface area contributed by atoms with Crippen molar-refractivity contribution < 1.29 is 28.2 Å². The van der Waals surface area contributed by atoms with E-state index in [1.165, 1.54) is 12.1 Å². The highest BCUT2D eigenvalue weighted by atomic mass is 19.1. The molecule has 0 radical (unpaired) electrons. The van der Waals surface area contributed by atoms with Crippen LogP contribution in [0.1, 0.15) is 31.7 Å². The Kier molecular flexibility index (Phi) is 10.2. The van der Waals surface area contributed by atoms with Gasteiger partial charge in [-0.3, -0.25) is 9.59 Å². The number of aliphatic hydroxyl groups is 1. The fourth-order valence-corrected chi connectivity index (χ4v) is 4.24. The summed E-state index contributed by atoms with van der Waals surface area (Å²) in [5.41, 5.74) is 2.20. The standard InChI is InChI=1S/C13H10F2.C11H18N2O3.C2H4O/c1-9-2-4-10(5-3-9)12-7-6-11(14)8-13(12)15;1-9-5-11(3-2-4-16-11)7-13(9)10(15)6-12-8-14;1-2-3/h2-8H,1H3;8-9H,2-7H2,1H3,(H,12,14);2-3H,1H2. The molecular formula is C26H32F2N2O4. The second-order valence-corrected chi connectivity index (χ2v) is 8.38. The lowest BCUT2D eigenvalue weighted by Crippen LogP contribution is -2.41. The van der Waals surface area contributed by atoms with Crippen molar-refractivity contribution in [2.24, 2.45) is 0 Å². The predicted molar refractivity (Wildman–Crippen MR) is 127 cm³/mol. The third-order valence-corrected chi connectivity index (χ3v) is 5.79. The van der Waals surface area contributed by atoms with Crippen molar-refractivity contribution in [3.05, 3.63) is 72.5 Å². The first kappa shape index (κ1) is 27.0. The van der Waals surface area contributed by atoms with Crippen LogP contribution in [0.4, 0.5) is 8.78 Å². The van der Waals surface area contributed by atoms with E-state index in [-0.39, 0.29) is 24.1 Å². The number of carbonyl (C=O) groups is 2. The van der Waals surface area contributed by atoms with Gasteiger partial charge >= 0.3 is 0 Å². The van der Waals surface area contributed by atoms with Crippen molar-refractivity contribution in [1.29, 1.82) is 0 Å². The minimum absolute atomic E-state index is 0.0213. The molecule has 2 fully saturated rings. The maximum absolute atomic E-state index is 13.4. The minimum Gasteiger partial charge on any atom is -0.516 e. The predicted octanol–water partition coefficient (Wildman–Crippen LogP) is 4.53. The van der Waals surface area contributed by atoms with Gasteiger partial charge in [0.15, 0.2) is 0 Å². The summed E-state index contributed by atoms with van der Waals surface area (Å²) in [6.45, 7) is 8.48. The molecule has 2 heterocycles. The van der Waals surface area contributed by atoms with E-state index in [0.29, 0.717) is 18.5 Å². The highest BCUT2D eigenvalue weighted by Crippen LogP contribution is 2.38. The molecule has 2 N–H and O–H groups in total. The van der Waals surface area contributed by atoms with Gasteiger partial charge in [-0.25, -0.2) is 8.78 Å². The van der Waals surface area contributed by atoms with E-state index in [4.69, 9.17) is 9.84 Å². The van der Waals surface area contributed by atoms with Crippen molar-refractivity contribution >= 4 is 12.3 Å². The van der Waals surface area contributed by atoms with E-state index >= 15 is 0 Å². The summed E-state index contributed by atoms with van der Waals surface area (Å²) < 4.78 is 31.9. The average Bonchev–Trinajstić information content (AvgIpc) is 3.39. The molecule has 2 aromatic rings. The molecule has 34 heavy (non-hydrogen) atoms. The van der Waals surface area contributed by atoms with E-state index < -0.39 is 11.6 Å². The second kappa shape index (κ2) is 12.8. The molecular weight excluding hydrogens is 442 g/mol. The molecule has 0 saturated carbocycles. The van der Waals surface area contributed by atoms with Gasteiger partial charge in [0.05, 0.1) is 25.0 Å². The number of aliphatic hydroxyl groups excluding tert-OH is 1. The van der Waals surface area contributed by atoms with Crippen LogP contribution in [-0.2, 0) is 14.3 Å². The quantitative estimate of drug-likeness (QED) is 0.504. The summed E-state index contributed by atoms with van der Waals surface area (Å²) in [5, 5.41) is 9.75. The lowest BCUT2D eigenvalue weighted by Gasteiger charge is -2.23. The van der Waals surface area contributed by atoms with Gasteiger partial charge in [-0.2, -0.15) is 0 Å². The normalized spacial score (nSPS) is 20.6. The molecule has 184 valence electrons. The molecule has 0 aliphatic carbocycles. The molecule has 0 aromatic heterocycles. The Labute approximate surface area is 199 Å². The third-order valence-electron chi connectivity index (χ3n) is 5.79. The monoisotopic (exact) mass is 474 g/mol. The molecule has 2 saturated heterocycles. The molecule has 0 bridgehead atoms. The molecule has 2 atom stereocenters.